The second kappa shape index (κ2) is 5.42. The van der Waals surface area contributed by atoms with Gasteiger partial charge in [0.25, 0.3) is 0 Å². The molecule has 92 valence electrons. The van der Waals surface area contributed by atoms with E-state index in [0.29, 0.717) is 24.6 Å². The Morgan fingerprint density at radius 2 is 1.58 bits per heavy atom. The summed E-state index contributed by atoms with van der Waals surface area (Å²) >= 11 is 10.0. The van der Waals surface area contributed by atoms with E-state index < -0.39 is 0 Å². The molecule has 0 bridgehead atoms. The molecule has 19 heavy (non-hydrogen) atoms. The minimum atomic E-state index is -0.205. The Bertz CT molecular complexity index is 779. The number of hydrogen-bond donors (Lipinski definition) is 0. The van der Waals surface area contributed by atoms with Crippen LogP contribution in [0.4, 0.5) is 0 Å². The average molecular weight is 443 g/mol. The summed E-state index contributed by atoms with van der Waals surface area (Å²) < 4.78 is 1.93. The first kappa shape index (κ1) is 14.2. The molecule has 0 atom stereocenters. The van der Waals surface area contributed by atoms with Crippen molar-refractivity contribution in [3.63, 3.8) is 0 Å². The van der Waals surface area contributed by atoms with E-state index >= 15 is 0 Å². The van der Waals surface area contributed by atoms with Crippen molar-refractivity contribution in [3.05, 3.63) is 54.1 Å². The highest BCUT2D eigenvalue weighted by atomic mass is 79.9. The lowest BCUT2D eigenvalue weighted by Gasteiger charge is -1.98. The molecule has 2 rings (SSSR count). The largest absolute Gasteiger partial charge is 0.290 e. The molecule has 6 heteroatoms. The summed E-state index contributed by atoms with van der Waals surface area (Å²) in [5.74, 6) is 0. The third-order valence-electron chi connectivity index (χ3n) is 2.53. The van der Waals surface area contributed by atoms with E-state index in [1.165, 1.54) is 12.1 Å². The van der Waals surface area contributed by atoms with Crippen LogP contribution in [0, 0.1) is 22.7 Å². The Kier molecular flexibility index (Phi) is 4.05. The lowest BCUT2D eigenvalue weighted by Crippen LogP contribution is -1.94. The molecule has 1 aromatic carbocycles. The van der Waals surface area contributed by atoms with Crippen molar-refractivity contribution < 1.29 is 0 Å². The normalized spacial score (nSPS) is 12.8. The Hall–Kier alpha value is -1.21. The van der Waals surface area contributed by atoms with Crippen LogP contribution in [0.2, 0.25) is 0 Å². The summed E-state index contributed by atoms with van der Waals surface area (Å²) in [5.41, 5.74) is 1.51. The monoisotopic (exact) mass is 440 g/mol. The molecule has 1 aliphatic rings. The zero-order valence-electron chi connectivity index (χ0n) is 9.17. The first-order valence-corrected chi connectivity index (χ1v) is 7.33. The Morgan fingerprint density at radius 3 is 2.16 bits per heavy atom. The highest BCUT2D eigenvalue weighted by Crippen LogP contribution is 2.48. The van der Waals surface area contributed by atoms with E-state index in [1.807, 2.05) is 12.1 Å². The second-order valence-electron chi connectivity index (χ2n) is 3.65. The maximum Gasteiger partial charge on any atom is 0.180 e. The molecule has 0 fully saturated rings. The number of fused-ring (bicyclic) bond motifs is 1. The van der Waals surface area contributed by atoms with Gasteiger partial charge in [-0.15, -0.1) is 0 Å². The number of halogens is 3. The van der Waals surface area contributed by atoms with Gasteiger partial charge in [0.15, 0.2) is 5.43 Å². The molecule has 0 unspecified atom stereocenters. The Morgan fingerprint density at radius 1 is 0.947 bits per heavy atom. The van der Waals surface area contributed by atoms with Crippen molar-refractivity contribution >= 4 is 57.8 Å². The van der Waals surface area contributed by atoms with Crippen molar-refractivity contribution in [2.75, 3.05) is 0 Å². The predicted molar refractivity (Wildman–Crippen MR) is 83.3 cm³/mol. The smallest absolute Gasteiger partial charge is 0.180 e. The van der Waals surface area contributed by atoms with Crippen LogP contribution in [0.25, 0.3) is 10.1 Å². The molecule has 1 aromatic rings. The maximum absolute atomic E-state index is 11.7. The van der Waals surface area contributed by atoms with Gasteiger partial charge in [0.1, 0.15) is 17.7 Å². The van der Waals surface area contributed by atoms with Gasteiger partial charge in [-0.3, -0.25) is 4.79 Å². The van der Waals surface area contributed by atoms with Gasteiger partial charge in [-0.1, -0.05) is 15.9 Å². The summed E-state index contributed by atoms with van der Waals surface area (Å²) in [6.45, 7) is 0. The molecular weight excluding hydrogens is 440 g/mol. The van der Waals surface area contributed by atoms with Gasteiger partial charge in [0.2, 0.25) is 0 Å². The molecule has 0 heterocycles. The van der Waals surface area contributed by atoms with Gasteiger partial charge in [0, 0.05) is 19.0 Å². The van der Waals surface area contributed by atoms with Crippen molar-refractivity contribution in [1.82, 2.24) is 0 Å². The van der Waals surface area contributed by atoms with Crippen LogP contribution in [0.3, 0.4) is 0 Å². The number of allylic oxidation sites excluding steroid dienone is 3. The van der Waals surface area contributed by atoms with Gasteiger partial charge >= 0.3 is 0 Å². The summed E-state index contributed by atoms with van der Waals surface area (Å²) in [4.78, 5) is 11.7. The van der Waals surface area contributed by atoms with E-state index in [0.717, 1.165) is 5.56 Å². The van der Waals surface area contributed by atoms with Crippen LogP contribution in [-0.2, 0) is 0 Å². The lowest BCUT2D eigenvalue weighted by atomic mass is 10.0. The van der Waals surface area contributed by atoms with Crippen molar-refractivity contribution in [3.8, 4) is 12.1 Å². The van der Waals surface area contributed by atoms with Crippen molar-refractivity contribution in [2.24, 2.45) is 0 Å². The molecule has 1 aliphatic carbocycles. The van der Waals surface area contributed by atoms with Gasteiger partial charge in [-0.25, -0.2) is 0 Å². The molecule has 3 nitrogen and oxygen atoms in total. The van der Waals surface area contributed by atoms with Crippen LogP contribution in [0.5, 0.6) is 0 Å². The van der Waals surface area contributed by atoms with Gasteiger partial charge < -0.3 is 0 Å². The highest BCUT2D eigenvalue weighted by molar-refractivity contribution is 9.16. The van der Waals surface area contributed by atoms with E-state index in [-0.39, 0.29) is 11.0 Å². The molecular formula is C13H3Br3N2O. The fraction of sp³-hybridized carbons (Fsp3) is 0. The van der Waals surface area contributed by atoms with E-state index in [2.05, 4.69) is 47.8 Å². The molecule has 0 saturated carbocycles. The number of nitrogens with zero attached hydrogens (tertiary/aromatic N) is 2. The summed E-state index contributed by atoms with van der Waals surface area (Å²) in [6, 6.07) is 8.31. The van der Waals surface area contributed by atoms with Crippen LogP contribution >= 0.6 is 47.8 Å². The third-order valence-corrected chi connectivity index (χ3v) is 5.14. The fourth-order valence-corrected chi connectivity index (χ4v) is 3.38. The average Bonchev–Trinajstić information content (AvgIpc) is 2.52. The van der Waals surface area contributed by atoms with Crippen molar-refractivity contribution in [1.29, 1.82) is 10.5 Å². The highest BCUT2D eigenvalue weighted by Gasteiger charge is 2.26. The predicted octanol–water partition coefficient (Wildman–Crippen LogP) is 4.08. The molecule has 0 amide bonds. The Balaban J connectivity index is 2.99. The van der Waals surface area contributed by atoms with E-state index in [4.69, 9.17) is 10.5 Å². The minimum absolute atomic E-state index is 0.0377. The van der Waals surface area contributed by atoms with Gasteiger partial charge in [-0.05, 0) is 61.2 Å². The quantitative estimate of drug-likeness (QED) is 0.568. The summed E-state index contributed by atoms with van der Waals surface area (Å²) in [6.07, 6.45) is 0. The number of hydrogen-bond acceptors (Lipinski definition) is 3. The van der Waals surface area contributed by atoms with Crippen LogP contribution in [-0.4, -0.2) is 0 Å². The minimum Gasteiger partial charge on any atom is -0.290 e. The number of nitriles is 2. The topological polar surface area (TPSA) is 64.7 Å². The zero-order chi connectivity index (χ0) is 14.2. The zero-order valence-corrected chi connectivity index (χ0v) is 13.9. The lowest BCUT2D eigenvalue weighted by molar-refractivity contribution is 1.46. The summed E-state index contributed by atoms with van der Waals surface area (Å²) in [7, 11) is 0. The molecule has 0 aliphatic heterocycles. The SMILES string of the molecule is N#CC(C#N)=C1C(Br)=C(Br)c2cc(Br)cc(=O)cc21. The van der Waals surface area contributed by atoms with Crippen LogP contribution < -0.4 is 5.43 Å². The van der Waals surface area contributed by atoms with Crippen molar-refractivity contribution in [2.45, 2.75) is 0 Å². The molecule has 0 radical (unpaired) electrons. The van der Waals surface area contributed by atoms with Gasteiger partial charge in [-0.2, -0.15) is 10.5 Å². The maximum atomic E-state index is 11.7. The second-order valence-corrected chi connectivity index (χ2v) is 6.15. The number of rotatable bonds is 0. The fourth-order valence-electron chi connectivity index (χ4n) is 1.77. The third kappa shape index (κ3) is 2.44. The van der Waals surface area contributed by atoms with Crippen LogP contribution in [0.1, 0.15) is 11.1 Å². The summed E-state index contributed by atoms with van der Waals surface area (Å²) in [5, 5.41) is 18.1. The molecule has 0 spiro atoms. The first-order chi connectivity index (χ1) is 8.99. The van der Waals surface area contributed by atoms with Gasteiger partial charge in [0.05, 0.1) is 0 Å². The first-order valence-electron chi connectivity index (χ1n) is 4.95. The van der Waals surface area contributed by atoms with E-state index in [1.54, 1.807) is 6.07 Å². The Labute approximate surface area is 134 Å². The standard InChI is InChI=1S/C13H3Br3N2O/c14-7-1-8(19)3-9-10(2-7)12(15)13(16)11(9)6(4-17)5-18/h1-3H. The molecule has 0 aromatic heterocycles. The van der Waals surface area contributed by atoms with Crippen LogP contribution in [0.15, 0.2) is 37.5 Å². The van der Waals surface area contributed by atoms with E-state index in [9.17, 15) is 4.79 Å². The molecule has 0 saturated heterocycles. The molecule has 0 N–H and O–H groups in total.